The molecule has 0 atom stereocenters. The summed E-state index contributed by atoms with van der Waals surface area (Å²) >= 11 is 6.63. The Labute approximate surface area is 184 Å². The summed E-state index contributed by atoms with van der Waals surface area (Å²) in [6.45, 7) is 0.854. The first-order valence-corrected chi connectivity index (χ1v) is 11.4. The topological polar surface area (TPSA) is 64.4 Å². The van der Waals surface area contributed by atoms with Crippen LogP contribution in [0.5, 0.6) is 0 Å². The molecular formula is C21H17BrN2O3S2. The quantitative estimate of drug-likeness (QED) is 0.324. The van der Waals surface area contributed by atoms with Gasteiger partial charge in [-0.05, 0) is 51.8 Å². The molecule has 0 unspecified atom stereocenters. The van der Waals surface area contributed by atoms with E-state index >= 15 is 0 Å². The van der Waals surface area contributed by atoms with Crippen molar-refractivity contribution in [3.8, 4) is 9.88 Å². The van der Waals surface area contributed by atoms with Crippen LogP contribution in [-0.4, -0.2) is 10.9 Å². The molecule has 1 amide bonds. The van der Waals surface area contributed by atoms with E-state index in [0.29, 0.717) is 13.2 Å². The second kappa shape index (κ2) is 9.49. The number of furan rings is 1. The highest BCUT2D eigenvalue weighted by atomic mass is 79.9. The van der Waals surface area contributed by atoms with Gasteiger partial charge in [-0.3, -0.25) is 4.79 Å². The number of thiophene rings is 1. The van der Waals surface area contributed by atoms with E-state index < -0.39 is 0 Å². The third kappa shape index (κ3) is 5.63. The van der Waals surface area contributed by atoms with Gasteiger partial charge in [0.15, 0.2) is 0 Å². The maximum absolute atomic E-state index is 12.4. The van der Waals surface area contributed by atoms with Crippen molar-refractivity contribution < 1.29 is 13.9 Å². The van der Waals surface area contributed by atoms with E-state index in [1.165, 1.54) is 0 Å². The highest BCUT2D eigenvalue weighted by Crippen LogP contribution is 2.32. The number of rotatable bonds is 8. The highest BCUT2D eigenvalue weighted by Gasteiger charge is 2.11. The number of aromatic nitrogens is 1. The molecule has 0 bridgehead atoms. The fraction of sp³-hybridized carbons (Fsp3) is 0.143. The molecule has 0 aliphatic rings. The molecule has 1 N–H and O–H groups in total. The minimum Gasteiger partial charge on any atom is -0.467 e. The van der Waals surface area contributed by atoms with Gasteiger partial charge in [-0.25, -0.2) is 4.98 Å². The second-order valence-corrected chi connectivity index (χ2v) is 8.96. The molecule has 0 aliphatic carbocycles. The summed E-state index contributed by atoms with van der Waals surface area (Å²) in [4.78, 5) is 18.1. The van der Waals surface area contributed by atoms with Crippen LogP contribution in [0.4, 0.5) is 5.69 Å². The van der Waals surface area contributed by atoms with Crippen molar-refractivity contribution >= 4 is 50.2 Å². The van der Waals surface area contributed by atoms with Crippen molar-refractivity contribution in [1.82, 2.24) is 4.98 Å². The van der Waals surface area contributed by atoms with E-state index in [0.717, 1.165) is 37.1 Å². The first-order chi connectivity index (χ1) is 14.2. The number of nitrogens with one attached hydrogen (secondary N) is 1. The van der Waals surface area contributed by atoms with Gasteiger partial charge in [0.1, 0.15) is 17.4 Å². The van der Waals surface area contributed by atoms with E-state index in [1.807, 2.05) is 53.2 Å². The van der Waals surface area contributed by atoms with Crippen LogP contribution < -0.4 is 5.32 Å². The van der Waals surface area contributed by atoms with E-state index in [1.54, 1.807) is 28.9 Å². The summed E-state index contributed by atoms with van der Waals surface area (Å²) in [7, 11) is 0. The van der Waals surface area contributed by atoms with Gasteiger partial charge in [0, 0.05) is 20.9 Å². The summed E-state index contributed by atoms with van der Waals surface area (Å²) in [6, 6.07) is 13.4. The maximum atomic E-state index is 12.4. The number of nitrogens with zero attached hydrogens (tertiary/aromatic N) is 1. The maximum Gasteiger partial charge on any atom is 0.230 e. The standard InChI is InChI=1S/C21H17BrN2O3S2/c22-15-8-19(28-12-15)21-24-17(13-29-21)9-20(25)23-16-4-1-3-14(7-16)10-26-11-18-5-2-6-27-18/h1-8,12-13H,9-11H2,(H,23,25). The molecule has 0 aliphatic heterocycles. The van der Waals surface area contributed by atoms with E-state index in [9.17, 15) is 4.79 Å². The third-order valence-electron chi connectivity index (χ3n) is 3.98. The van der Waals surface area contributed by atoms with Gasteiger partial charge in [-0.2, -0.15) is 0 Å². The Morgan fingerprint density at radius 3 is 2.86 bits per heavy atom. The molecule has 0 spiro atoms. The molecule has 29 heavy (non-hydrogen) atoms. The minimum atomic E-state index is -0.0946. The highest BCUT2D eigenvalue weighted by molar-refractivity contribution is 9.10. The Morgan fingerprint density at radius 2 is 2.07 bits per heavy atom. The van der Waals surface area contributed by atoms with Crippen LogP contribution >= 0.6 is 38.6 Å². The molecule has 1 aromatic carbocycles. The number of benzene rings is 1. The van der Waals surface area contributed by atoms with Crippen LogP contribution in [0, 0.1) is 0 Å². The Balaban J connectivity index is 1.31. The zero-order valence-corrected chi connectivity index (χ0v) is 18.5. The number of amides is 1. The molecule has 0 saturated carbocycles. The van der Waals surface area contributed by atoms with Crippen LogP contribution in [-0.2, 0) is 29.2 Å². The van der Waals surface area contributed by atoms with E-state index in [-0.39, 0.29) is 12.3 Å². The second-order valence-electron chi connectivity index (χ2n) is 6.27. The van der Waals surface area contributed by atoms with Gasteiger partial charge in [0.25, 0.3) is 0 Å². The number of hydrogen-bond donors (Lipinski definition) is 1. The molecular weight excluding hydrogens is 472 g/mol. The molecule has 4 rings (SSSR count). The zero-order valence-electron chi connectivity index (χ0n) is 15.3. The van der Waals surface area contributed by atoms with Crippen molar-refractivity contribution in [3.05, 3.63) is 81.0 Å². The van der Waals surface area contributed by atoms with E-state index in [4.69, 9.17) is 9.15 Å². The van der Waals surface area contributed by atoms with Gasteiger partial charge in [0.05, 0.1) is 29.9 Å². The first-order valence-electron chi connectivity index (χ1n) is 8.83. The zero-order chi connectivity index (χ0) is 20.1. The van der Waals surface area contributed by atoms with Crippen LogP contribution in [0.25, 0.3) is 9.88 Å². The lowest BCUT2D eigenvalue weighted by Gasteiger charge is -2.07. The lowest BCUT2D eigenvalue weighted by atomic mass is 10.2. The summed E-state index contributed by atoms with van der Waals surface area (Å²) in [5.41, 5.74) is 2.49. The molecule has 0 saturated heterocycles. The predicted octanol–water partition coefficient (Wildman–Crippen LogP) is 6.13. The number of ether oxygens (including phenoxy) is 1. The van der Waals surface area contributed by atoms with Crippen molar-refractivity contribution in [1.29, 1.82) is 0 Å². The molecule has 3 heterocycles. The number of thiazole rings is 1. The van der Waals surface area contributed by atoms with Gasteiger partial charge in [-0.1, -0.05) is 12.1 Å². The first kappa shape index (κ1) is 20.0. The van der Waals surface area contributed by atoms with Crippen LogP contribution in [0.1, 0.15) is 17.0 Å². The van der Waals surface area contributed by atoms with Gasteiger partial charge < -0.3 is 14.5 Å². The van der Waals surface area contributed by atoms with Crippen LogP contribution in [0.2, 0.25) is 0 Å². The van der Waals surface area contributed by atoms with Crippen molar-refractivity contribution in [2.45, 2.75) is 19.6 Å². The molecule has 0 fully saturated rings. The van der Waals surface area contributed by atoms with Crippen molar-refractivity contribution in [2.24, 2.45) is 0 Å². The Hall–Kier alpha value is -2.26. The van der Waals surface area contributed by atoms with Crippen molar-refractivity contribution in [2.75, 3.05) is 5.32 Å². The number of halogens is 1. The Kier molecular flexibility index (Phi) is 6.56. The minimum absolute atomic E-state index is 0.0946. The van der Waals surface area contributed by atoms with E-state index in [2.05, 4.69) is 26.2 Å². The fourth-order valence-electron chi connectivity index (χ4n) is 2.70. The number of hydrogen-bond acceptors (Lipinski definition) is 6. The smallest absolute Gasteiger partial charge is 0.230 e. The van der Waals surface area contributed by atoms with Gasteiger partial charge in [-0.15, -0.1) is 22.7 Å². The lowest BCUT2D eigenvalue weighted by Crippen LogP contribution is -2.14. The normalized spacial score (nSPS) is 10.9. The largest absolute Gasteiger partial charge is 0.467 e. The van der Waals surface area contributed by atoms with Crippen molar-refractivity contribution in [3.63, 3.8) is 0 Å². The SMILES string of the molecule is O=C(Cc1csc(-c2cc(Br)cs2)n1)Nc1cccc(COCc2ccco2)c1. The van der Waals surface area contributed by atoms with Gasteiger partial charge in [0.2, 0.25) is 5.91 Å². The molecule has 5 nitrogen and oxygen atoms in total. The summed E-state index contributed by atoms with van der Waals surface area (Å²) in [6.07, 6.45) is 1.86. The van der Waals surface area contributed by atoms with Gasteiger partial charge >= 0.3 is 0 Å². The molecule has 4 aromatic rings. The predicted molar refractivity (Wildman–Crippen MR) is 119 cm³/mol. The Morgan fingerprint density at radius 1 is 1.14 bits per heavy atom. The summed E-state index contributed by atoms with van der Waals surface area (Å²) in [5, 5.41) is 7.82. The lowest BCUT2D eigenvalue weighted by molar-refractivity contribution is -0.115. The number of carbonyl (C=O) groups is 1. The molecule has 3 aromatic heterocycles. The average molecular weight is 489 g/mol. The number of carbonyl (C=O) groups excluding carboxylic acids is 1. The summed E-state index contributed by atoms with van der Waals surface area (Å²) < 4.78 is 11.9. The molecule has 8 heteroatoms. The molecule has 0 radical (unpaired) electrons. The number of anilines is 1. The Bertz CT molecular complexity index is 1090. The summed E-state index contributed by atoms with van der Waals surface area (Å²) in [5.74, 6) is 0.690. The monoisotopic (exact) mass is 488 g/mol. The van der Waals surface area contributed by atoms with Crippen LogP contribution in [0.15, 0.2) is 68.4 Å². The third-order valence-corrected chi connectivity index (χ3v) is 6.73. The fourth-order valence-corrected chi connectivity index (χ4v) is 5.03. The molecule has 148 valence electrons. The average Bonchev–Trinajstić information content (AvgIpc) is 3.44. The van der Waals surface area contributed by atoms with Crippen LogP contribution in [0.3, 0.4) is 0 Å².